The van der Waals surface area contributed by atoms with Gasteiger partial charge in [0.2, 0.25) is 0 Å². The Bertz CT molecular complexity index is 430. The molecule has 0 fully saturated rings. The van der Waals surface area contributed by atoms with E-state index >= 15 is 0 Å². The summed E-state index contributed by atoms with van der Waals surface area (Å²) in [6.45, 7) is 2.70. The van der Waals surface area contributed by atoms with Crippen LogP contribution in [0.1, 0.15) is 12.5 Å². The highest BCUT2D eigenvalue weighted by molar-refractivity contribution is 6.32. The highest BCUT2D eigenvalue weighted by Crippen LogP contribution is 2.25. The van der Waals surface area contributed by atoms with Crippen molar-refractivity contribution in [2.24, 2.45) is 0 Å². The van der Waals surface area contributed by atoms with Crippen molar-refractivity contribution in [3.8, 4) is 0 Å². The van der Waals surface area contributed by atoms with E-state index in [-0.39, 0.29) is 10.7 Å². The van der Waals surface area contributed by atoms with Crippen LogP contribution in [0.3, 0.4) is 0 Å². The van der Waals surface area contributed by atoms with Gasteiger partial charge in [0.1, 0.15) is 5.02 Å². The fourth-order valence-electron chi connectivity index (χ4n) is 1.37. The smallest absolute Gasteiger partial charge is 0.288 e. The third-order valence-corrected chi connectivity index (χ3v) is 2.36. The Morgan fingerprint density at radius 2 is 2.31 bits per heavy atom. The Morgan fingerprint density at radius 1 is 1.62 bits per heavy atom. The molecule has 0 spiro atoms. The Kier molecular flexibility index (Phi) is 4.46. The van der Waals surface area contributed by atoms with E-state index in [4.69, 9.17) is 11.6 Å². The molecule has 1 aromatic carbocycles. The predicted molar refractivity (Wildman–Crippen MR) is 65.7 cm³/mol. The molecule has 0 unspecified atom stereocenters. The molecule has 0 aliphatic rings. The molecule has 0 bridgehead atoms. The standard InChI is InChI=1S/C11H13ClN2O2/c1-8(7-13-2)5-9-3-4-10(12)11(6-9)14(15)16/h3-6,13H,7H2,1-2H3. The van der Waals surface area contributed by atoms with Gasteiger partial charge in [-0.1, -0.05) is 29.3 Å². The molecule has 0 atom stereocenters. The van der Waals surface area contributed by atoms with Crippen molar-refractivity contribution in [1.82, 2.24) is 5.32 Å². The molecule has 0 aliphatic heterocycles. The molecule has 86 valence electrons. The maximum atomic E-state index is 10.7. The molecule has 0 aromatic heterocycles. The van der Waals surface area contributed by atoms with Crippen molar-refractivity contribution in [3.05, 3.63) is 44.5 Å². The van der Waals surface area contributed by atoms with Crippen molar-refractivity contribution in [3.63, 3.8) is 0 Å². The van der Waals surface area contributed by atoms with Crippen LogP contribution in [0.5, 0.6) is 0 Å². The molecule has 0 saturated heterocycles. The third-order valence-electron chi connectivity index (χ3n) is 2.04. The summed E-state index contributed by atoms with van der Waals surface area (Å²) in [5, 5.41) is 13.8. The summed E-state index contributed by atoms with van der Waals surface area (Å²) >= 11 is 5.71. The van der Waals surface area contributed by atoms with Gasteiger partial charge in [-0.25, -0.2) is 0 Å². The summed E-state index contributed by atoms with van der Waals surface area (Å²) in [4.78, 5) is 10.2. The lowest BCUT2D eigenvalue weighted by molar-refractivity contribution is -0.384. The molecule has 1 rings (SSSR count). The van der Waals surface area contributed by atoms with Crippen LogP contribution < -0.4 is 5.32 Å². The number of nitro groups is 1. The van der Waals surface area contributed by atoms with Gasteiger partial charge < -0.3 is 5.32 Å². The molecule has 0 aliphatic carbocycles. The van der Waals surface area contributed by atoms with Crippen LogP contribution in [-0.4, -0.2) is 18.5 Å². The minimum atomic E-state index is -0.479. The minimum Gasteiger partial charge on any atom is -0.316 e. The lowest BCUT2D eigenvalue weighted by Gasteiger charge is -2.01. The number of hydrogen-bond acceptors (Lipinski definition) is 3. The third kappa shape index (κ3) is 3.32. The Labute approximate surface area is 99.1 Å². The highest BCUT2D eigenvalue weighted by Gasteiger charge is 2.11. The zero-order valence-corrected chi connectivity index (χ0v) is 9.91. The van der Waals surface area contributed by atoms with Crippen LogP contribution in [-0.2, 0) is 0 Å². The molecule has 0 radical (unpaired) electrons. The van der Waals surface area contributed by atoms with E-state index in [0.717, 1.165) is 17.7 Å². The van der Waals surface area contributed by atoms with E-state index in [9.17, 15) is 10.1 Å². The van der Waals surface area contributed by atoms with E-state index < -0.39 is 4.92 Å². The van der Waals surface area contributed by atoms with Gasteiger partial charge in [-0.2, -0.15) is 0 Å². The second kappa shape index (κ2) is 5.63. The van der Waals surface area contributed by atoms with Gasteiger partial charge in [0, 0.05) is 12.6 Å². The first-order valence-electron chi connectivity index (χ1n) is 4.80. The highest BCUT2D eigenvalue weighted by atomic mass is 35.5. The molecule has 1 aromatic rings. The number of benzene rings is 1. The average molecular weight is 241 g/mol. The quantitative estimate of drug-likeness (QED) is 0.650. The van der Waals surface area contributed by atoms with Crippen molar-refractivity contribution < 1.29 is 4.92 Å². The fourth-order valence-corrected chi connectivity index (χ4v) is 1.56. The summed E-state index contributed by atoms with van der Waals surface area (Å²) in [5.74, 6) is 0. The molecule has 5 heteroatoms. The molecule has 16 heavy (non-hydrogen) atoms. The van der Waals surface area contributed by atoms with Gasteiger partial charge in [0.05, 0.1) is 4.92 Å². The van der Waals surface area contributed by atoms with E-state index in [1.807, 2.05) is 20.0 Å². The fraction of sp³-hybridized carbons (Fsp3) is 0.273. The molecular weight excluding hydrogens is 228 g/mol. The number of likely N-dealkylation sites (N-methyl/N-ethyl adjacent to an activating group) is 1. The van der Waals surface area contributed by atoms with Gasteiger partial charge in [-0.15, -0.1) is 0 Å². The van der Waals surface area contributed by atoms with Gasteiger partial charge in [-0.3, -0.25) is 10.1 Å². The zero-order chi connectivity index (χ0) is 12.1. The van der Waals surface area contributed by atoms with E-state index in [2.05, 4.69) is 5.32 Å². The van der Waals surface area contributed by atoms with Gasteiger partial charge in [0.15, 0.2) is 0 Å². The summed E-state index contributed by atoms with van der Waals surface area (Å²) < 4.78 is 0. The number of hydrogen-bond donors (Lipinski definition) is 1. The molecule has 1 N–H and O–H groups in total. The van der Waals surface area contributed by atoms with Crippen LogP contribution in [0.2, 0.25) is 5.02 Å². The van der Waals surface area contributed by atoms with Crippen LogP contribution in [0.15, 0.2) is 23.8 Å². The monoisotopic (exact) mass is 240 g/mol. The molecule has 0 amide bonds. The van der Waals surface area contributed by atoms with Crippen molar-refractivity contribution in [2.45, 2.75) is 6.92 Å². The first-order valence-corrected chi connectivity index (χ1v) is 5.18. The van der Waals surface area contributed by atoms with Crippen LogP contribution >= 0.6 is 11.6 Å². The first kappa shape index (κ1) is 12.7. The number of halogens is 1. The molecule has 0 heterocycles. The predicted octanol–water partition coefficient (Wildman–Crippen LogP) is 2.87. The van der Waals surface area contributed by atoms with Crippen molar-refractivity contribution in [2.75, 3.05) is 13.6 Å². The SMILES string of the molecule is CNCC(C)=Cc1ccc(Cl)c([N+](=O)[O-])c1. The van der Waals surface area contributed by atoms with Crippen LogP contribution in [0, 0.1) is 10.1 Å². The van der Waals surface area contributed by atoms with E-state index in [1.54, 1.807) is 6.07 Å². The normalized spacial score (nSPS) is 11.6. The van der Waals surface area contributed by atoms with Crippen LogP contribution in [0.4, 0.5) is 5.69 Å². The zero-order valence-electron chi connectivity index (χ0n) is 9.16. The second-order valence-corrected chi connectivity index (χ2v) is 3.90. The molecule has 4 nitrogen and oxygen atoms in total. The Balaban J connectivity index is 3.04. The number of nitrogens with one attached hydrogen (secondary N) is 1. The van der Waals surface area contributed by atoms with Crippen molar-refractivity contribution in [1.29, 1.82) is 0 Å². The topological polar surface area (TPSA) is 55.2 Å². The summed E-state index contributed by atoms with van der Waals surface area (Å²) in [6, 6.07) is 4.77. The average Bonchev–Trinajstić information content (AvgIpc) is 2.21. The second-order valence-electron chi connectivity index (χ2n) is 3.49. The largest absolute Gasteiger partial charge is 0.316 e. The van der Waals surface area contributed by atoms with Gasteiger partial charge in [-0.05, 0) is 25.6 Å². The summed E-state index contributed by atoms with van der Waals surface area (Å²) in [6.07, 6.45) is 1.89. The molecular formula is C11H13ClN2O2. The number of rotatable bonds is 4. The maximum absolute atomic E-state index is 10.7. The number of nitrogens with zero attached hydrogens (tertiary/aromatic N) is 1. The van der Waals surface area contributed by atoms with Gasteiger partial charge in [0.25, 0.3) is 5.69 Å². The lowest BCUT2D eigenvalue weighted by Crippen LogP contribution is -2.08. The van der Waals surface area contributed by atoms with E-state index in [1.165, 1.54) is 12.1 Å². The van der Waals surface area contributed by atoms with Gasteiger partial charge >= 0.3 is 0 Å². The Morgan fingerprint density at radius 3 is 2.88 bits per heavy atom. The summed E-state index contributed by atoms with van der Waals surface area (Å²) in [5.41, 5.74) is 1.82. The van der Waals surface area contributed by atoms with E-state index in [0.29, 0.717) is 0 Å². The lowest BCUT2D eigenvalue weighted by atomic mass is 10.1. The number of nitro benzene ring substituents is 1. The minimum absolute atomic E-state index is 0.0623. The Hall–Kier alpha value is -1.39. The molecule has 0 saturated carbocycles. The first-order chi connectivity index (χ1) is 7.54. The summed E-state index contributed by atoms with van der Waals surface area (Å²) in [7, 11) is 1.85. The maximum Gasteiger partial charge on any atom is 0.288 e. The van der Waals surface area contributed by atoms with Crippen LogP contribution in [0.25, 0.3) is 6.08 Å². The van der Waals surface area contributed by atoms with Crippen molar-refractivity contribution >= 4 is 23.4 Å².